The van der Waals surface area contributed by atoms with Crippen LogP contribution in [0.1, 0.15) is 68.9 Å². The summed E-state index contributed by atoms with van der Waals surface area (Å²) in [5.41, 5.74) is 1.49. The lowest BCUT2D eigenvalue weighted by molar-refractivity contribution is 0.559. The Morgan fingerprint density at radius 1 is 1.00 bits per heavy atom. The maximum atomic E-state index is 13.4. The Kier molecular flexibility index (Phi) is 4.37. The number of hydrogen-bond acceptors (Lipinski definition) is 4. The van der Waals surface area contributed by atoms with E-state index in [2.05, 4.69) is 18.7 Å². The first-order valence-corrected chi connectivity index (χ1v) is 10.3. The molecular weight excluding hydrogens is 318 g/mol. The van der Waals surface area contributed by atoms with Gasteiger partial charge in [0.2, 0.25) is 5.95 Å². The van der Waals surface area contributed by atoms with Crippen LogP contribution in [0.3, 0.4) is 0 Å². The van der Waals surface area contributed by atoms with Crippen LogP contribution in [-0.2, 0) is 12.8 Å². The number of aromatic nitrogens is 2. The molecule has 4 rings (SSSR count). The third-order valence-electron chi connectivity index (χ3n) is 5.41. The Morgan fingerprint density at radius 2 is 1.71 bits per heavy atom. The summed E-state index contributed by atoms with van der Waals surface area (Å²) in [5, 5.41) is 0.918. The fourth-order valence-corrected chi connectivity index (χ4v) is 5.41. The number of hydrogen-bond donors (Lipinski definition) is 0. The molecule has 1 saturated heterocycles. The van der Waals surface area contributed by atoms with Crippen LogP contribution in [0.15, 0.2) is 4.79 Å². The van der Waals surface area contributed by atoms with Crippen LogP contribution < -0.4 is 10.5 Å². The number of thiophene rings is 1. The van der Waals surface area contributed by atoms with Crippen LogP contribution in [0.5, 0.6) is 0 Å². The van der Waals surface area contributed by atoms with Gasteiger partial charge in [0.1, 0.15) is 4.83 Å². The first-order chi connectivity index (χ1) is 11.7. The Bertz CT molecular complexity index is 797. The second-order valence-electron chi connectivity index (χ2n) is 7.47. The molecular formula is C19H27N3OS. The SMILES string of the molecule is CC(C)n1c(N2CCCCCC2)nc2sc3c(c2c1=O)CCCC3. The molecule has 24 heavy (non-hydrogen) atoms. The summed E-state index contributed by atoms with van der Waals surface area (Å²) >= 11 is 1.77. The highest BCUT2D eigenvalue weighted by atomic mass is 32.1. The van der Waals surface area contributed by atoms with Crippen LogP contribution in [0.2, 0.25) is 0 Å². The maximum absolute atomic E-state index is 13.4. The molecule has 0 aromatic carbocycles. The second kappa shape index (κ2) is 6.51. The van der Waals surface area contributed by atoms with Crippen molar-refractivity contribution in [3.8, 4) is 0 Å². The number of nitrogens with zero attached hydrogens (tertiary/aromatic N) is 3. The van der Waals surface area contributed by atoms with Gasteiger partial charge in [-0.25, -0.2) is 4.98 Å². The van der Waals surface area contributed by atoms with Crippen molar-refractivity contribution in [2.24, 2.45) is 0 Å². The van der Waals surface area contributed by atoms with E-state index in [-0.39, 0.29) is 11.6 Å². The third-order valence-corrected chi connectivity index (χ3v) is 6.59. The molecule has 0 saturated carbocycles. The molecule has 3 heterocycles. The minimum Gasteiger partial charge on any atom is -0.342 e. The Labute approximate surface area is 147 Å². The normalized spacial score (nSPS) is 18.9. The zero-order chi connectivity index (χ0) is 16.7. The summed E-state index contributed by atoms with van der Waals surface area (Å²) in [6.07, 6.45) is 9.60. The van der Waals surface area contributed by atoms with Gasteiger partial charge in [0, 0.05) is 24.0 Å². The summed E-state index contributed by atoms with van der Waals surface area (Å²) in [6.45, 7) is 6.26. The van der Waals surface area contributed by atoms with Crippen molar-refractivity contribution in [2.45, 2.75) is 71.3 Å². The van der Waals surface area contributed by atoms with Gasteiger partial charge in [-0.05, 0) is 57.9 Å². The monoisotopic (exact) mass is 345 g/mol. The van der Waals surface area contributed by atoms with E-state index >= 15 is 0 Å². The molecule has 1 aliphatic carbocycles. The van der Waals surface area contributed by atoms with E-state index in [0.29, 0.717) is 0 Å². The van der Waals surface area contributed by atoms with Crippen molar-refractivity contribution in [3.05, 3.63) is 20.8 Å². The van der Waals surface area contributed by atoms with E-state index < -0.39 is 0 Å². The maximum Gasteiger partial charge on any atom is 0.264 e. The molecule has 0 amide bonds. The van der Waals surface area contributed by atoms with E-state index in [4.69, 9.17) is 4.98 Å². The van der Waals surface area contributed by atoms with Crippen molar-refractivity contribution in [1.82, 2.24) is 9.55 Å². The summed E-state index contributed by atoms with van der Waals surface area (Å²) in [6, 6.07) is 0.145. The van der Waals surface area contributed by atoms with Gasteiger partial charge >= 0.3 is 0 Å². The van der Waals surface area contributed by atoms with Crippen LogP contribution in [0.25, 0.3) is 10.2 Å². The van der Waals surface area contributed by atoms with Gasteiger partial charge in [0.05, 0.1) is 5.39 Å². The minimum absolute atomic E-state index is 0.145. The molecule has 5 heteroatoms. The second-order valence-corrected chi connectivity index (χ2v) is 8.56. The number of anilines is 1. The van der Waals surface area contributed by atoms with Crippen molar-refractivity contribution in [3.63, 3.8) is 0 Å². The molecule has 0 N–H and O–H groups in total. The first kappa shape index (κ1) is 16.1. The number of rotatable bonds is 2. The highest BCUT2D eigenvalue weighted by Gasteiger charge is 2.25. The first-order valence-electron chi connectivity index (χ1n) is 9.48. The van der Waals surface area contributed by atoms with E-state index in [1.54, 1.807) is 11.3 Å². The predicted molar refractivity (Wildman–Crippen MR) is 102 cm³/mol. The Balaban J connectivity index is 1.92. The lowest BCUT2D eigenvalue weighted by atomic mass is 9.97. The molecule has 2 aromatic rings. The van der Waals surface area contributed by atoms with Crippen LogP contribution in [-0.4, -0.2) is 22.6 Å². The van der Waals surface area contributed by atoms with Gasteiger partial charge in [-0.15, -0.1) is 11.3 Å². The van der Waals surface area contributed by atoms with E-state index in [1.807, 2.05) is 4.57 Å². The molecule has 0 bridgehead atoms. The molecule has 0 atom stereocenters. The Morgan fingerprint density at radius 3 is 2.42 bits per heavy atom. The largest absolute Gasteiger partial charge is 0.342 e. The molecule has 2 aromatic heterocycles. The standard InChI is InChI=1S/C19H27N3OS/c1-13(2)22-18(23)16-14-9-5-6-10-15(14)24-17(16)20-19(22)21-11-7-3-4-8-12-21/h13H,3-12H2,1-2H3. The summed E-state index contributed by atoms with van der Waals surface area (Å²) < 4.78 is 1.95. The lowest BCUT2D eigenvalue weighted by Gasteiger charge is -2.26. The van der Waals surface area contributed by atoms with Gasteiger partial charge < -0.3 is 4.90 Å². The fourth-order valence-electron chi connectivity index (χ4n) is 4.17. The molecule has 0 radical (unpaired) electrons. The average molecular weight is 346 g/mol. The highest BCUT2D eigenvalue weighted by Crippen LogP contribution is 2.35. The van der Waals surface area contributed by atoms with Crippen LogP contribution >= 0.6 is 11.3 Å². The van der Waals surface area contributed by atoms with Crippen LogP contribution in [0, 0.1) is 0 Å². The topological polar surface area (TPSA) is 38.1 Å². The quantitative estimate of drug-likeness (QED) is 0.814. The smallest absolute Gasteiger partial charge is 0.264 e. The van der Waals surface area contributed by atoms with Gasteiger partial charge in [0.15, 0.2) is 0 Å². The molecule has 1 fully saturated rings. The number of fused-ring (bicyclic) bond motifs is 3. The van der Waals surface area contributed by atoms with Gasteiger partial charge in [-0.1, -0.05) is 12.8 Å². The van der Waals surface area contributed by atoms with Crippen LogP contribution in [0.4, 0.5) is 5.95 Å². The zero-order valence-electron chi connectivity index (χ0n) is 14.8. The summed E-state index contributed by atoms with van der Waals surface area (Å²) in [7, 11) is 0. The minimum atomic E-state index is 0.145. The van der Waals surface area contributed by atoms with Gasteiger partial charge in [0.25, 0.3) is 5.56 Å². The van der Waals surface area contributed by atoms with Crippen molar-refractivity contribution in [1.29, 1.82) is 0 Å². The van der Waals surface area contributed by atoms with Crippen molar-refractivity contribution < 1.29 is 0 Å². The fraction of sp³-hybridized carbons (Fsp3) is 0.684. The molecule has 0 unspecified atom stereocenters. The van der Waals surface area contributed by atoms with Crippen molar-refractivity contribution >= 4 is 27.5 Å². The highest BCUT2D eigenvalue weighted by molar-refractivity contribution is 7.18. The van der Waals surface area contributed by atoms with E-state index in [9.17, 15) is 4.79 Å². The summed E-state index contributed by atoms with van der Waals surface area (Å²) in [4.78, 5) is 23.1. The van der Waals surface area contributed by atoms with Crippen molar-refractivity contribution in [2.75, 3.05) is 18.0 Å². The predicted octanol–water partition coefficient (Wildman–Crippen LogP) is 4.30. The Hall–Kier alpha value is -1.36. The molecule has 4 nitrogen and oxygen atoms in total. The summed E-state index contributed by atoms with van der Waals surface area (Å²) in [5.74, 6) is 0.906. The van der Waals surface area contributed by atoms with E-state index in [0.717, 1.165) is 42.1 Å². The van der Waals surface area contributed by atoms with Gasteiger partial charge in [-0.3, -0.25) is 9.36 Å². The van der Waals surface area contributed by atoms with E-state index in [1.165, 1.54) is 49.0 Å². The third kappa shape index (κ3) is 2.67. The number of aryl methyl sites for hydroxylation is 2. The molecule has 1 aliphatic heterocycles. The molecule has 0 spiro atoms. The molecule has 2 aliphatic rings. The molecule has 130 valence electrons. The lowest BCUT2D eigenvalue weighted by Crippen LogP contribution is -2.34. The van der Waals surface area contributed by atoms with Gasteiger partial charge in [-0.2, -0.15) is 0 Å². The average Bonchev–Trinajstić information content (AvgIpc) is 2.74. The zero-order valence-corrected chi connectivity index (χ0v) is 15.6.